The maximum atomic E-state index is 12.0. The molecule has 1 fully saturated rings. The summed E-state index contributed by atoms with van der Waals surface area (Å²) in [6, 6.07) is 0. The number of nitrogens with one attached hydrogen (secondary N) is 1. The summed E-state index contributed by atoms with van der Waals surface area (Å²) in [6.07, 6.45) is 7.15. The summed E-state index contributed by atoms with van der Waals surface area (Å²) in [5.41, 5.74) is 0.00315. The monoisotopic (exact) mass is 293 g/mol. The maximum Gasteiger partial charge on any atom is 0.408 e. The first kappa shape index (κ1) is 15.9. The van der Waals surface area contributed by atoms with E-state index in [1.807, 2.05) is 47.1 Å². The predicted octanol–water partition coefficient (Wildman–Crippen LogP) is 3.44. The lowest BCUT2D eigenvalue weighted by molar-refractivity contribution is 0.0466. The molecule has 21 heavy (non-hydrogen) atoms. The van der Waals surface area contributed by atoms with Crippen LogP contribution >= 0.6 is 0 Å². The SMILES string of the molecule is CC(C)(C)OC(=O)NC(C)(C)c1cncn1CCC1CC1. The molecule has 1 aromatic rings. The molecule has 1 heterocycles. The molecular weight excluding hydrogens is 266 g/mol. The van der Waals surface area contributed by atoms with Gasteiger partial charge >= 0.3 is 6.09 Å². The Hall–Kier alpha value is -1.52. The zero-order valence-corrected chi connectivity index (χ0v) is 13.8. The molecule has 2 rings (SSSR count). The second-order valence-electron chi connectivity index (χ2n) is 7.46. The first-order valence-corrected chi connectivity index (χ1v) is 7.69. The van der Waals surface area contributed by atoms with E-state index in [0.717, 1.165) is 18.2 Å². The van der Waals surface area contributed by atoms with Crippen LogP contribution < -0.4 is 5.32 Å². The highest BCUT2D eigenvalue weighted by atomic mass is 16.6. The van der Waals surface area contributed by atoms with Crippen LogP contribution in [0.15, 0.2) is 12.5 Å². The lowest BCUT2D eigenvalue weighted by Gasteiger charge is -2.29. The zero-order chi connectivity index (χ0) is 15.7. The highest BCUT2D eigenvalue weighted by Crippen LogP contribution is 2.33. The van der Waals surface area contributed by atoms with E-state index in [1.165, 1.54) is 19.3 Å². The number of aromatic nitrogens is 2. The van der Waals surface area contributed by atoms with Crippen molar-refractivity contribution in [2.75, 3.05) is 0 Å². The Balaban J connectivity index is 2.00. The molecule has 0 bridgehead atoms. The second kappa shape index (κ2) is 5.70. The van der Waals surface area contributed by atoms with Crippen molar-refractivity contribution in [1.29, 1.82) is 0 Å². The number of carbonyl (C=O) groups is 1. The van der Waals surface area contributed by atoms with Crippen molar-refractivity contribution in [3.63, 3.8) is 0 Å². The van der Waals surface area contributed by atoms with Crippen LogP contribution in [0.2, 0.25) is 0 Å². The van der Waals surface area contributed by atoms with Gasteiger partial charge in [-0.3, -0.25) is 0 Å². The molecule has 118 valence electrons. The third-order valence-electron chi connectivity index (χ3n) is 3.64. The lowest BCUT2D eigenvalue weighted by Crippen LogP contribution is -2.44. The molecule has 5 nitrogen and oxygen atoms in total. The number of imidazole rings is 1. The van der Waals surface area contributed by atoms with Gasteiger partial charge in [0.2, 0.25) is 0 Å². The van der Waals surface area contributed by atoms with Crippen molar-refractivity contribution in [3.8, 4) is 0 Å². The average Bonchev–Trinajstić information content (AvgIpc) is 2.99. The Kier molecular flexibility index (Phi) is 4.30. The average molecular weight is 293 g/mol. The van der Waals surface area contributed by atoms with Gasteiger partial charge in [-0.15, -0.1) is 0 Å². The number of amides is 1. The quantitative estimate of drug-likeness (QED) is 0.904. The number of aryl methyl sites for hydroxylation is 1. The Morgan fingerprint density at radius 3 is 2.62 bits per heavy atom. The number of hydrogen-bond donors (Lipinski definition) is 1. The predicted molar refractivity (Wildman–Crippen MR) is 82.0 cm³/mol. The third-order valence-corrected chi connectivity index (χ3v) is 3.64. The molecule has 0 aromatic carbocycles. The molecule has 1 saturated carbocycles. The lowest BCUT2D eigenvalue weighted by atomic mass is 10.0. The fourth-order valence-electron chi connectivity index (χ4n) is 2.37. The molecule has 1 aliphatic carbocycles. The molecule has 1 aromatic heterocycles. The molecule has 0 atom stereocenters. The second-order valence-corrected chi connectivity index (χ2v) is 7.46. The minimum absolute atomic E-state index is 0.401. The van der Waals surface area contributed by atoms with Gasteiger partial charge in [0.15, 0.2) is 0 Å². The highest BCUT2D eigenvalue weighted by Gasteiger charge is 2.29. The molecule has 0 radical (unpaired) electrons. The molecule has 0 unspecified atom stereocenters. The first-order chi connectivity index (χ1) is 9.67. The molecule has 1 amide bonds. The largest absolute Gasteiger partial charge is 0.444 e. The molecular formula is C16H27N3O2. The number of ether oxygens (including phenoxy) is 1. The van der Waals surface area contributed by atoms with Gasteiger partial charge < -0.3 is 14.6 Å². The van der Waals surface area contributed by atoms with Crippen LogP contribution in [-0.4, -0.2) is 21.2 Å². The van der Waals surface area contributed by atoms with Crippen molar-refractivity contribution in [2.24, 2.45) is 5.92 Å². The van der Waals surface area contributed by atoms with Gasteiger partial charge in [-0.2, -0.15) is 0 Å². The van der Waals surface area contributed by atoms with Gasteiger partial charge in [-0.1, -0.05) is 12.8 Å². The summed E-state index contributed by atoms with van der Waals surface area (Å²) in [6.45, 7) is 10.5. The number of carbonyl (C=O) groups excluding carboxylic acids is 1. The van der Waals surface area contributed by atoms with Gasteiger partial charge in [-0.05, 0) is 47.0 Å². The fourth-order valence-corrected chi connectivity index (χ4v) is 2.37. The third kappa shape index (κ3) is 4.76. The van der Waals surface area contributed by atoms with Gasteiger partial charge in [0, 0.05) is 6.54 Å². The topological polar surface area (TPSA) is 56.1 Å². The molecule has 0 saturated heterocycles. The van der Waals surface area contributed by atoms with E-state index in [1.54, 1.807) is 0 Å². The van der Waals surface area contributed by atoms with E-state index in [9.17, 15) is 4.79 Å². The summed E-state index contributed by atoms with van der Waals surface area (Å²) in [5.74, 6) is 0.877. The van der Waals surface area contributed by atoms with Crippen LogP contribution in [-0.2, 0) is 16.8 Å². The van der Waals surface area contributed by atoms with E-state index >= 15 is 0 Å². The number of rotatable bonds is 5. The van der Waals surface area contributed by atoms with E-state index in [2.05, 4.69) is 14.9 Å². The van der Waals surface area contributed by atoms with Gasteiger partial charge in [0.25, 0.3) is 0 Å². The van der Waals surface area contributed by atoms with Crippen molar-refractivity contribution in [2.45, 2.75) is 71.6 Å². The minimum atomic E-state index is -0.512. The Morgan fingerprint density at radius 2 is 2.05 bits per heavy atom. The summed E-state index contributed by atoms with van der Waals surface area (Å²) in [5, 5.41) is 2.94. The van der Waals surface area contributed by atoms with Gasteiger partial charge in [-0.25, -0.2) is 9.78 Å². The summed E-state index contributed by atoms with van der Waals surface area (Å²) in [7, 11) is 0. The highest BCUT2D eigenvalue weighted by molar-refractivity contribution is 5.68. The Bertz CT molecular complexity index is 496. The van der Waals surface area contributed by atoms with Crippen molar-refractivity contribution >= 4 is 6.09 Å². The summed E-state index contributed by atoms with van der Waals surface area (Å²) >= 11 is 0. The Labute approximate surface area is 127 Å². The maximum absolute atomic E-state index is 12.0. The van der Waals surface area contributed by atoms with E-state index in [-0.39, 0.29) is 0 Å². The smallest absolute Gasteiger partial charge is 0.408 e. The fraction of sp³-hybridized carbons (Fsp3) is 0.750. The Morgan fingerprint density at radius 1 is 1.38 bits per heavy atom. The van der Waals surface area contributed by atoms with Crippen LogP contribution in [0.4, 0.5) is 4.79 Å². The van der Waals surface area contributed by atoms with Gasteiger partial charge in [0.05, 0.1) is 23.8 Å². The number of hydrogen-bond acceptors (Lipinski definition) is 3. The molecule has 0 spiro atoms. The molecule has 1 aliphatic rings. The molecule has 1 N–H and O–H groups in total. The van der Waals surface area contributed by atoms with Crippen molar-refractivity contribution in [1.82, 2.24) is 14.9 Å². The van der Waals surface area contributed by atoms with Crippen LogP contribution in [0.3, 0.4) is 0 Å². The molecule has 5 heteroatoms. The van der Waals surface area contributed by atoms with E-state index < -0.39 is 17.2 Å². The van der Waals surface area contributed by atoms with Crippen molar-refractivity contribution < 1.29 is 9.53 Å². The van der Waals surface area contributed by atoms with Crippen LogP contribution in [0, 0.1) is 5.92 Å². The summed E-state index contributed by atoms with van der Waals surface area (Å²) in [4.78, 5) is 16.2. The van der Waals surface area contributed by atoms with Crippen molar-refractivity contribution in [3.05, 3.63) is 18.2 Å². The van der Waals surface area contributed by atoms with E-state index in [4.69, 9.17) is 4.74 Å². The van der Waals surface area contributed by atoms with Crippen LogP contribution in [0.25, 0.3) is 0 Å². The van der Waals surface area contributed by atoms with E-state index in [0.29, 0.717) is 0 Å². The normalized spacial score (nSPS) is 15.9. The molecule has 0 aliphatic heterocycles. The van der Waals surface area contributed by atoms with Gasteiger partial charge in [0.1, 0.15) is 5.60 Å². The van der Waals surface area contributed by atoms with Crippen LogP contribution in [0.5, 0.6) is 0 Å². The zero-order valence-electron chi connectivity index (χ0n) is 13.8. The van der Waals surface area contributed by atoms with Crippen LogP contribution in [0.1, 0.15) is 59.6 Å². The standard InChI is InChI=1S/C16H27N3O2/c1-15(2,3)21-14(20)18-16(4,5)13-10-17-11-19(13)9-8-12-6-7-12/h10-12H,6-9H2,1-5H3,(H,18,20). The number of nitrogens with zero attached hydrogens (tertiary/aromatic N) is 2. The minimum Gasteiger partial charge on any atom is -0.444 e. The summed E-state index contributed by atoms with van der Waals surface area (Å²) < 4.78 is 7.47. The number of alkyl carbamates (subject to hydrolysis) is 1. The first-order valence-electron chi connectivity index (χ1n) is 7.69.